The lowest BCUT2D eigenvalue weighted by Crippen LogP contribution is -2.16. The van der Waals surface area contributed by atoms with Crippen molar-refractivity contribution in [1.82, 2.24) is 0 Å². The first kappa shape index (κ1) is 32.7. The lowest BCUT2D eigenvalue weighted by Gasteiger charge is -2.30. The highest BCUT2D eigenvalue weighted by Gasteiger charge is 2.41. The molecule has 0 fully saturated rings. The highest BCUT2D eigenvalue weighted by molar-refractivity contribution is 7.19. The lowest BCUT2D eigenvalue weighted by molar-refractivity contribution is 0.660. The Morgan fingerprint density at radius 1 is 0.389 bits per heavy atom. The number of anilines is 3. The third-order valence-electron chi connectivity index (χ3n) is 11.9. The summed E-state index contributed by atoms with van der Waals surface area (Å²) in [7, 11) is 0. The van der Waals surface area contributed by atoms with E-state index in [1.807, 2.05) is 11.3 Å². The molecule has 0 amide bonds. The molecule has 2 aliphatic rings. The van der Waals surface area contributed by atoms with E-state index in [1.54, 1.807) is 0 Å². The highest BCUT2D eigenvalue weighted by Crippen LogP contribution is 2.59. The molecule has 0 radical (unpaired) electrons. The van der Waals surface area contributed by atoms with Crippen LogP contribution in [0.25, 0.3) is 54.3 Å². The summed E-state index contributed by atoms with van der Waals surface area (Å²) in [6.07, 6.45) is 0. The minimum absolute atomic E-state index is 0.0925. The normalized spacial score (nSPS) is 14.2. The van der Waals surface area contributed by atoms with Gasteiger partial charge >= 0.3 is 0 Å². The molecule has 0 atom stereocenters. The van der Waals surface area contributed by atoms with Crippen molar-refractivity contribution in [3.63, 3.8) is 0 Å². The van der Waals surface area contributed by atoms with Gasteiger partial charge in [-0.1, -0.05) is 173 Å². The average molecular weight is 712 g/mol. The molecular formula is C52H41NS. The van der Waals surface area contributed by atoms with Gasteiger partial charge in [0.25, 0.3) is 0 Å². The second-order valence-electron chi connectivity index (χ2n) is 15.7. The van der Waals surface area contributed by atoms with Gasteiger partial charge in [-0.05, 0) is 86.0 Å². The van der Waals surface area contributed by atoms with Crippen LogP contribution in [0, 0.1) is 0 Å². The predicted molar refractivity (Wildman–Crippen MR) is 230 cm³/mol. The predicted octanol–water partition coefficient (Wildman–Crippen LogP) is 14.8. The first-order valence-electron chi connectivity index (χ1n) is 18.9. The molecule has 0 aliphatic heterocycles. The molecule has 0 bridgehead atoms. The summed E-state index contributed by atoms with van der Waals surface area (Å²) in [6.45, 7) is 9.51. The number of para-hydroxylation sites is 1. The molecule has 2 heteroatoms. The number of fused-ring (bicyclic) bond motifs is 6. The monoisotopic (exact) mass is 711 g/mol. The van der Waals surface area contributed by atoms with E-state index in [1.165, 1.54) is 76.5 Å². The van der Waals surface area contributed by atoms with Crippen molar-refractivity contribution in [3.8, 4) is 54.3 Å². The molecule has 0 N–H and O–H groups in total. The van der Waals surface area contributed by atoms with Crippen molar-refractivity contribution in [2.75, 3.05) is 4.90 Å². The summed E-state index contributed by atoms with van der Waals surface area (Å²) in [6, 6.07) is 64.9. The van der Waals surface area contributed by atoms with Gasteiger partial charge in [0.05, 0.1) is 5.69 Å². The second kappa shape index (κ2) is 12.3. The fourth-order valence-corrected chi connectivity index (χ4v) is 10.7. The van der Waals surface area contributed by atoms with E-state index in [2.05, 4.69) is 209 Å². The first-order valence-corrected chi connectivity index (χ1v) is 19.8. The minimum Gasteiger partial charge on any atom is -0.310 e. The Morgan fingerprint density at radius 3 is 1.61 bits per heavy atom. The quantitative estimate of drug-likeness (QED) is 0.166. The molecule has 8 aromatic rings. The molecule has 0 unspecified atom stereocenters. The largest absolute Gasteiger partial charge is 0.310 e. The highest BCUT2D eigenvalue weighted by atomic mass is 32.1. The molecule has 54 heavy (non-hydrogen) atoms. The number of nitrogens with zero attached hydrogens (tertiary/aromatic N) is 1. The van der Waals surface area contributed by atoms with E-state index in [0.717, 1.165) is 17.1 Å². The summed E-state index contributed by atoms with van der Waals surface area (Å²) in [5.74, 6) is 0. The Morgan fingerprint density at radius 2 is 0.907 bits per heavy atom. The Bertz CT molecular complexity index is 2700. The van der Waals surface area contributed by atoms with Gasteiger partial charge in [-0.25, -0.2) is 0 Å². The topological polar surface area (TPSA) is 3.24 Å². The second-order valence-corrected chi connectivity index (χ2v) is 16.7. The van der Waals surface area contributed by atoms with Crippen LogP contribution in [0.2, 0.25) is 0 Å². The zero-order chi connectivity index (χ0) is 36.6. The van der Waals surface area contributed by atoms with Gasteiger partial charge in [0.1, 0.15) is 0 Å². The van der Waals surface area contributed by atoms with Crippen LogP contribution >= 0.6 is 11.3 Å². The molecule has 0 saturated heterocycles. The molecule has 2 aliphatic carbocycles. The van der Waals surface area contributed by atoms with Crippen molar-refractivity contribution in [1.29, 1.82) is 0 Å². The smallest absolute Gasteiger partial charge is 0.0540 e. The lowest BCUT2D eigenvalue weighted by atomic mass is 9.81. The van der Waals surface area contributed by atoms with Crippen LogP contribution in [0.15, 0.2) is 176 Å². The zero-order valence-corrected chi connectivity index (χ0v) is 31.9. The molecule has 1 aromatic heterocycles. The number of rotatable bonds is 6. The fourth-order valence-electron chi connectivity index (χ4n) is 9.21. The van der Waals surface area contributed by atoms with Crippen molar-refractivity contribution < 1.29 is 0 Å². The number of thiophene rings is 1. The van der Waals surface area contributed by atoms with Gasteiger partial charge in [-0.3, -0.25) is 0 Å². The third-order valence-corrected chi connectivity index (χ3v) is 13.2. The van der Waals surface area contributed by atoms with Gasteiger partial charge in [-0.15, -0.1) is 11.3 Å². The van der Waals surface area contributed by atoms with E-state index in [-0.39, 0.29) is 10.8 Å². The van der Waals surface area contributed by atoms with Gasteiger partial charge in [0, 0.05) is 43.1 Å². The molecule has 10 rings (SSSR count). The Hall–Kier alpha value is -5.96. The van der Waals surface area contributed by atoms with Crippen LogP contribution in [0.4, 0.5) is 17.1 Å². The summed E-state index contributed by atoms with van der Waals surface area (Å²) >= 11 is 1.93. The Balaban J connectivity index is 1.15. The zero-order valence-electron chi connectivity index (χ0n) is 31.1. The van der Waals surface area contributed by atoms with Crippen molar-refractivity contribution in [3.05, 3.63) is 198 Å². The summed E-state index contributed by atoms with van der Waals surface area (Å²) in [5.41, 5.74) is 19.2. The van der Waals surface area contributed by atoms with Crippen LogP contribution in [0.1, 0.15) is 49.9 Å². The summed E-state index contributed by atoms with van der Waals surface area (Å²) in [4.78, 5) is 5.16. The van der Waals surface area contributed by atoms with Gasteiger partial charge < -0.3 is 4.90 Å². The van der Waals surface area contributed by atoms with Crippen molar-refractivity contribution in [2.24, 2.45) is 0 Å². The Labute approximate surface area is 322 Å². The number of benzene rings is 7. The van der Waals surface area contributed by atoms with Gasteiger partial charge in [0.15, 0.2) is 0 Å². The van der Waals surface area contributed by atoms with Crippen LogP contribution < -0.4 is 4.90 Å². The third kappa shape index (κ3) is 4.90. The van der Waals surface area contributed by atoms with Crippen molar-refractivity contribution >= 4 is 28.4 Å². The maximum Gasteiger partial charge on any atom is 0.0540 e. The van der Waals surface area contributed by atoms with E-state index in [9.17, 15) is 0 Å². The van der Waals surface area contributed by atoms with E-state index >= 15 is 0 Å². The van der Waals surface area contributed by atoms with Crippen LogP contribution in [-0.4, -0.2) is 0 Å². The number of hydrogen-bond donors (Lipinski definition) is 0. The van der Waals surface area contributed by atoms with Crippen LogP contribution in [0.5, 0.6) is 0 Å². The standard InChI is InChI=1S/C52H41NS/c1-51(2)43-24-14-11-22-40(43)41-32-31-38(33-45(41)51)53(46-26-16-13-21-39(46)34-17-7-5-8-18-34)37-29-27-36(28-30-37)49-47-42-23-12-15-25-44(42)52(3,4)48(47)50(54-49)35-19-9-6-10-20-35/h5-33H,1-4H3. The maximum absolute atomic E-state index is 2.46. The molecule has 0 saturated carbocycles. The summed E-state index contributed by atoms with van der Waals surface area (Å²) in [5, 5.41) is 0. The molecule has 0 spiro atoms. The summed E-state index contributed by atoms with van der Waals surface area (Å²) < 4.78 is 0. The fraction of sp³-hybridized carbons (Fsp3) is 0.115. The SMILES string of the molecule is CC1(C)c2ccccc2-c2ccc(N(c3ccc(-c4sc(-c5ccccc5)c5c4-c4ccccc4C5(C)C)cc3)c3ccccc3-c3ccccc3)cc21. The van der Waals surface area contributed by atoms with Crippen LogP contribution in [-0.2, 0) is 10.8 Å². The molecule has 1 nitrogen and oxygen atoms in total. The molecule has 7 aromatic carbocycles. The molecular weight excluding hydrogens is 671 g/mol. The minimum atomic E-state index is -0.101. The van der Waals surface area contributed by atoms with Gasteiger partial charge in [-0.2, -0.15) is 0 Å². The molecule has 260 valence electrons. The Kier molecular flexibility index (Phi) is 7.44. The molecule has 1 heterocycles. The van der Waals surface area contributed by atoms with Crippen LogP contribution in [0.3, 0.4) is 0 Å². The first-order chi connectivity index (χ1) is 26.3. The number of hydrogen-bond acceptors (Lipinski definition) is 2. The van der Waals surface area contributed by atoms with E-state index < -0.39 is 0 Å². The maximum atomic E-state index is 2.46. The van der Waals surface area contributed by atoms with Crippen molar-refractivity contribution in [2.45, 2.75) is 38.5 Å². The van der Waals surface area contributed by atoms with E-state index in [0.29, 0.717) is 0 Å². The van der Waals surface area contributed by atoms with Gasteiger partial charge in [0.2, 0.25) is 0 Å². The van der Waals surface area contributed by atoms with E-state index in [4.69, 9.17) is 0 Å². The average Bonchev–Trinajstić information content (AvgIpc) is 3.81.